The van der Waals surface area contributed by atoms with Gasteiger partial charge in [0.25, 0.3) is 5.91 Å². The number of rotatable bonds is 8. The summed E-state index contributed by atoms with van der Waals surface area (Å²) in [6, 6.07) is 4.81. The molecule has 0 aromatic heterocycles. The van der Waals surface area contributed by atoms with Crippen LogP contribution in [0.25, 0.3) is 0 Å². The third-order valence-electron chi connectivity index (χ3n) is 2.81. The summed E-state index contributed by atoms with van der Waals surface area (Å²) in [7, 11) is 0. The SMILES string of the molecule is CSCC[C@@H](NC(=O)COc1cc(C)cc(C)c1)C(=O)O. The maximum Gasteiger partial charge on any atom is 0.326 e. The van der Waals surface area contributed by atoms with Gasteiger partial charge in [-0.1, -0.05) is 6.07 Å². The Balaban J connectivity index is 2.50. The predicted octanol–water partition coefficient (Wildman–Crippen LogP) is 2.00. The Morgan fingerprint density at radius 1 is 1.29 bits per heavy atom. The molecule has 5 nitrogen and oxygen atoms in total. The molecule has 0 spiro atoms. The zero-order valence-corrected chi connectivity index (χ0v) is 13.3. The number of aliphatic carboxylic acids is 1. The zero-order valence-electron chi connectivity index (χ0n) is 12.5. The molecule has 1 aromatic rings. The van der Waals surface area contributed by atoms with Crippen LogP contribution in [-0.4, -0.2) is 41.6 Å². The van der Waals surface area contributed by atoms with E-state index in [-0.39, 0.29) is 6.61 Å². The summed E-state index contributed by atoms with van der Waals surface area (Å²) in [5.41, 5.74) is 2.10. The first kappa shape index (κ1) is 17.4. The van der Waals surface area contributed by atoms with E-state index in [1.165, 1.54) is 0 Å². The van der Waals surface area contributed by atoms with Crippen LogP contribution in [0.5, 0.6) is 5.75 Å². The summed E-state index contributed by atoms with van der Waals surface area (Å²) in [4.78, 5) is 22.8. The van der Waals surface area contributed by atoms with Gasteiger partial charge in [0.05, 0.1) is 0 Å². The summed E-state index contributed by atoms with van der Waals surface area (Å²) >= 11 is 1.54. The summed E-state index contributed by atoms with van der Waals surface area (Å²) in [6.07, 6.45) is 2.29. The van der Waals surface area contributed by atoms with Crippen LogP contribution in [0.4, 0.5) is 0 Å². The van der Waals surface area contributed by atoms with Crippen molar-refractivity contribution in [1.82, 2.24) is 5.32 Å². The molecule has 0 heterocycles. The largest absolute Gasteiger partial charge is 0.484 e. The van der Waals surface area contributed by atoms with Gasteiger partial charge in [0.15, 0.2) is 6.61 Å². The summed E-state index contributed by atoms with van der Waals surface area (Å²) in [6.45, 7) is 3.71. The molecule has 0 saturated carbocycles. The Labute approximate surface area is 129 Å². The number of carboxylic acid groups (broad SMARTS) is 1. The minimum atomic E-state index is -1.02. The van der Waals surface area contributed by atoms with Crippen molar-refractivity contribution in [3.05, 3.63) is 29.3 Å². The van der Waals surface area contributed by atoms with Crippen LogP contribution in [0.1, 0.15) is 17.5 Å². The number of aryl methyl sites for hydroxylation is 2. The Morgan fingerprint density at radius 3 is 2.43 bits per heavy atom. The fraction of sp³-hybridized carbons (Fsp3) is 0.467. The van der Waals surface area contributed by atoms with Gasteiger partial charge in [0, 0.05) is 0 Å². The van der Waals surface area contributed by atoms with Crippen molar-refractivity contribution in [2.45, 2.75) is 26.3 Å². The first-order valence-corrected chi connectivity index (χ1v) is 8.04. The molecular formula is C15H21NO4S. The van der Waals surface area contributed by atoms with E-state index in [4.69, 9.17) is 9.84 Å². The van der Waals surface area contributed by atoms with Gasteiger partial charge in [0.2, 0.25) is 0 Å². The lowest BCUT2D eigenvalue weighted by Gasteiger charge is -2.14. The minimum Gasteiger partial charge on any atom is -0.484 e. The Hall–Kier alpha value is -1.69. The van der Waals surface area contributed by atoms with Crippen LogP contribution in [0.3, 0.4) is 0 Å². The Kier molecular flexibility index (Phi) is 7.08. The normalized spacial score (nSPS) is 11.8. The lowest BCUT2D eigenvalue weighted by atomic mass is 10.1. The fourth-order valence-electron chi connectivity index (χ4n) is 1.89. The van der Waals surface area contributed by atoms with Crippen molar-refractivity contribution in [3.63, 3.8) is 0 Å². The fourth-order valence-corrected chi connectivity index (χ4v) is 2.37. The van der Waals surface area contributed by atoms with Gasteiger partial charge in [-0.25, -0.2) is 4.79 Å². The van der Waals surface area contributed by atoms with Gasteiger partial charge >= 0.3 is 5.97 Å². The van der Waals surface area contributed by atoms with Crippen LogP contribution in [0.2, 0.25) is 0 Å². The van der Waals surface area contributed by atoms with Crippen LogP contribution in [0.15, 0.2) is 18.2 Å². The number of benzene rings is 1. The van der Waals surface area contributed by atoms with Gasteiger partial charge in [-0.2, -0.15) is 11.8 Å². The molecule has 21 heavy (non-hydrogen) atoms. The molecule has 0 unspecified atom stereocenters. The maximum absolute atomic E-state index is 11.8. The second-order valence-electron chi connectivity index (χ2n) is 4.85. The topological polar surface area (TPSA) is 75.6 Å². The predicted molar refractivity (Wildman–Crippen MR) is 84.0 cm³/mol. The van der Waals surface area contributed by atoms with Crippen LogP contribution < -0.4 is 10.1 Å². The van der Waals surface area contributed by atoms with E-state index in [9.17, 15) is 9.59 Å². The number of thioether (sulfide) groups is 1. The first-order valence-electron chi connectivity index (χ1n) is 6.64. The molecule has 0 aliphatic rings. The smallest absolute Gasteiger partial charge is 0.326 e. The van der Waals surface area contributed by atoms with Crippen LogP contribution >= 0.6 is 11.8 Å². The van der Waals surface area contributed by atoms with E-state index in [1.807, 2.05) is 38.3 Å². The average Bonchev–Trinajstić information content (AvgIpc) is 2.39. The molecular weight excluding hydrogens is 290 g/mol. The molecule has 0 aliphatic carbocycles. The highest BCUT2D eigenvalue weighted by atomic mass is 32.2. The molecule has 116 valence electrons. The third kappa shape index (κ3) is 6.53. The number of carboxylic acids is 1. The van der Waals surface area contributed by atoms with Crippen molar-refractivity contribution in [2.75, 3.05) is 18.6 Å². The number of hydrogen-bond acceptors (Lipinski definition) is 4. The standard InChI is InChI=1S/C15H21NO4S/c1-10-6-11(2)8-12(7-10)20-9-14(17)16-13(15(18)19)4-5-21-3/h6-8,13H,4-5,9H2,1-3H3,(H,16,17)(H,18,19)/t13-/m1/s1. The molecule has 0 saturated heterocycles. The number of ether oxygens (including phenoxy) is 1. The lowest BCUT2D eigenvalue weighted by Crippen LogP contribution is -2.43. The highest BCUT2D eigenvalue weighted by molar-refractivity contribution is 7.98. The van der Waals surface area contributed by atoms with E-state index in [0.29, 0.717) is 17.9 Å². The zero-order chi connectivity index (χ0) is 15.8. The van der Waals surface area contributed by atoms with Crippen molar-refractivity contribution in [1.29, 1.82) is 0 Å². The molecule has 1 aromatic carbocycles. The second kappa shape index (κ2) is 8.56. The van der Waals surface area contributed by atoms with Gasteiger partial charge < -0.3 is 15.2 Å². The van der Waals surface area contributed by atoms with Crippen molar-refractivity contribution in [2.24, 2.45) is 0 Å². The number of amides is 1. The molecule has 1 atom stereocenters. The van der Waals surface area contributed by atoms with Gasteiger partial charge in [-0.15, -0.1) is 0 Å². The van der Waals surface area contributed by atoms with Gasteiger partial charge in [0.1, 0.15) is 11.8 Å². The Morgan fingerprint density at radius 2 is 1.90 bits per heavy atom. The van der Waals surface area contributed by atoms with Gasteiger partial charge in [-0.3, -0.25) is 4.79 Å². The van der Waals surface area contributed by atoms with Crippen molar-refractivity contribution < 1.29 is 19.4 Å². The quantitative estimate of drug-likeness (QED) is 0.768. The van der Waals surface area contributed by atoms with Crippen LogP contribution in [-0.2, 0) is 9.59 Å². The van der Waals surface area contributed by atoms with Crippen molar-refractivity contribution in [3.8, 4) is 5.75 Å². The summed E-state index contributed by atoms with van der Waals surface area (Å²) in [5.74, 6) is -0.167. The summed E-state index contributed by atoms with van der Waals surface area (Å²) < 4.78 is 5.40. The Bertz CT molecular complexity index is 484. The van der Waals surface area contributed by atoms with Crippen molar-refractivity contribution >= 4 is 23.6 Å². The molecule has 0 radical (unpaired) electrons. The second-order valence-corrected chi connectivity index (χ2v) is 5.84. The highest BCUT2D eigenvalue weighted by Gasteiger charge is 2.19. The first-order chi connectivity index (χ1) is 9.92. The minimum absolute atomic E-state index is 0.189. The van der Waals surface area contributed by atoms with E-state index >= 15 is 0 Å². The van der Waals surface area contributed by atoms with E-state index in [1.54, 1.807) is 11.8 Å². The molecule has 2 N–H and O–H groups in total. The number of carbonyl (C=O) groups is 2. The lowest BCUT2D eigenvalue weighted by molar-refractivity contribution is -0.142. The highest BCUT2D eigenvalue weighted by Crippen LogP contribution is 2.15. The van der Waals surface area contributed by atoms with E-state index in [2.05, 4.69) is 5.32 Å². The number of nitrogens with one attached hydrogen (secondary N) is 1. The molecule has 1 amide bonds. The maximum atomic E-state index is 11.8. The number of hydrogen-bond donors (Lipinski definition) is 2. The van der Waals surface area contributed by atoms with E-state index < -0.39 is 17.9 Å². The van der Waals surface area contributed by atoms with E-state index in [0.717, 1.165) is 11.1 Å². The molecule has 0 aliphatic heterocycles. The average molecular weight is 311 g/mol. The molecule has 1 rings (SSSR count). The third-order valence-corrected chi connectivity index (χ3v) is 3.45. The monoisotopic (exact) mass is 311 g/mol. The number of carbonyl (C=O) groups excluding carboxylic acids is 1. The summed E-state index contributed by atoms with van der Waals surface area (Å²) in [5, 5.41) is 11.5. The van der Waals surface area contributed by atoms with Gasteiger partial charge in [-0.05, 0) is 55.5 Å². The molecule has 0 bridgehead atoms. The molecule has 6 heteroatoms. The van der Waals surface area contributed by atoms with Crippen LogP contribution in [0, 0.1) is 13.8 Å². The molecule has 0 fully saturated rings.